The van der Waals surface area contributed by atoms with Crippen LogP contribution in [0.2, 0.25) is 0 Å². The second-order valence-corrected chi connectivity index (χ2v) is 16.7. The summed E-state index contributed by atoms with van der Waals surface area (Å²) in [4.78, 5) is 2.46. The molecule has 63 heavy (non-hydrogen) atoms. The third-order valence-corrected chi connectivity index (χ3v) is 13.5. The molecule has 0 fully saturated rings. The minimum absolute atomic E-state index is 0.417. The van der Waals surface area contributed by atoms with Crippen LogP contribution in [-0.2, 0) is 5.41 Å². The van der Waals surface area contributed by atoms with Gasteiger partial charge in [-0.25, -0.2) is 0 Å². The van der Waals surface area contributed by atoms with Gasteiger partial charge in [0.25, 0.3) is 0 Å². The molecule has 1 spiro atoms. The minimum Gasteiger partial charge on any atom is -0.456 e. The fourth-order valence-corrected chi connectivity index (χ4v) is 10.8. The van der Waals surface area contributed by atoms with Crippen LogP contribution in [0.3, 0.4) is 0 Å². The van der Waals surface area contributed by atoms with Crippen molar-refractivity contribution in [3.8, 4) is 55.6 Å². The fourth-order valence-electron chi connectivity index (χ4n) is 10.8. The van der Waals surface area contributed by atoms with Crippen molar-refractivity contribution >= 4 is 39.0 Å². The van der Waals surface area contributed by atoms with Gasteiger partial charge in [-0.05, 0) is 115 Å². The molecule has 0 N–H and O–H groups in total. The van der Waals surface area contributed by atoms with E-state index < -0.39 is 5.41 Å². The Morgan fingerprint density at radius 3 is 1.40 bits per heavy atom. The minimum atomic E-state index is -0.417. The Kier molecular flexibility index (Phi) is 7.85. The number of nitrogens with zero attached hydrogens (tertiary/aromatic N) is 1. The highest BCUT2D eigenvalue weighted by molar-refractivity contribution is 6.16. The molecule has 10 aromatic carbocycles. The average Bonchev–Trinajstić information content (AvgIpc) is 3.99. The molecule has 2 aliphatic carbocycles. The van der Waals surface area contributed by atoms with E-state index in [1.165, 1.54) is 66.8 Å². The molecule has 13 rings (SSSR count). The molecule has 2 heteroatoms. The standard InChI is InChI=1S/C61H39NO/c1-3-15-40(16-4-1)42-27-29-44(30-28-42)59-56(37-38-58-60(59)50-22-10-14-26-57(50)63-58)62(45-33-31-43(32-34-45)41-17-5-2-6-18-41)46-35-36-55-51(39-46)49-21-9-13-25-54(49)61(55)52-23-11-7-19-47(52)48-20-8-12-24-53(48)61/h1-39H. The van der Waals surface area contributed by atoms with Gasteiger partial charge >= 0.3 is 0 Å². The molecule has 0 saturated carbocycles. The lowest BCUT2D eigenvalue weighted by molar-refractivity contribution is 0.669. The first-order chi connectivity index (χ1) is 31.3. The quantitative estimate of drug-likeness (QED) is 0.167. The van der Waals surface area contributed by atoms with E-state index in [9.17, 15) is 0 Å². The summed E-state index contributed by atoms with van der Waals surface area (Å²) in [5.74, 6) is 0. The van der Waals surface area contributed by atoms with Crippen LogP contribution >= 0.6 is 0 Å². The summed E-state index contributed by atoms with van der Waals surface area (Å²) >= 11 is 0. The largest absolute Gasteiger partial charge is 0.456 e. The van der Waals surface area contributed by atoms with Gasteiger partial charge in [0.1, 0.15) is 11.2 Å². The van der Waals surface area contributed by atoms with Crippen LogP contribution in [-0.4, -0.2) is 0 Å². The van der Waals surface area contributed by atoms with Crippen molar-refractivity contribution in [1.29, 1.82) is 0 Å². The van der Waals surface area contributed by atoms with Crippen LogP contribution in [0.25, 0.3) is 77.6 Å². The van der Waals surface area contributed by atoms with Crippen molar-refractivity contribution in [3.63, 3.8) is 0 Å². The molecule has 0 saturated heterocycles. The molecule has 2 aliphatic rings. The van der Waals surface area contributed by atoms with Crippen LogP contribution < -0.4 is 4.90 Å². The predicted octanol–water partition coefficient (Wildman–Crippen LogP) is 16.4. The highest BCUT2D eigenvalue weighted by Gasteiger charge is 2.51. The van der Waals surface area contributed by atoms with Gasteiger partial charge < -0.3 is 9.32 Å². The van der Waals surface area contributed by atoms with E-state index >= 15 is 0 Å². The SMILES string of the molecule is c1ccc(-c2ccc(-c3c(N(c4ccc(-c5ccccc5)cc4)c4ccc5c(c4)-c4ccccc4C54c5ccccc5-c5ccccc54)ccc4oc5ccccc5c34)cc2)cc1. The van der Waals surface area contributed by atoms with E-state index in [-0.39, 0.29) is 0 Å². The van der Waals surface area contributed by atoms with Crippen molar-refractivity contribution < 1.29 is 4.42 Å². The Balaban J connectivity index is 1.07. The van der Waals surface area contributed by atoms with Crippen LogP contribution in [0, 0.1) is 0 Å². The first kappa shape index (κ1) is 35.5. The summed E-state index contributed by atoms with van der Waals surface area (Å²) < 4.78 is 6.61. The van der Waals surface area contributed by atoms with Gasteiger partial charge in [-0.3, -0.25) is 0 Å². The number of fused-ring (bicyclic) bond motifs is 13. The van der Waals surface area contributed by atoms with Crippen molar-refractivity contribution in [3.05, 3.63) is 259 Å². The highest BCUT2D eigenvalue weighted by atomic mass is 16.3. The van der Waals surface area contributed by atoms with Gasteiger partial charge in [0.2, 0.25) is 0 Å². The van der Waals surface area contributed by atoms with Gasteiger partial charge in [-0.1, -0.05) is 194 Å². The van der Waals surface area contributed by atoms with Crippen LogP contribution in [0.5, 0.6) is 0 Å². The number of hydrogen-bond donors (Lipinski definition) is 0. The summed E-state index contributed by atoms with van der Waals surface area (Å²) in [6.45, 7) is 0. The number of benzene rings is 10. The third-order valence-electron chi connectivity index (χ3n) is 13.5. The van der Waals surface area contributed by atoms with Gasteiger partial charge in [-0.2, -0.15) is 0 Å². The van der Waals surface area contributed by atoms with E-state index in [2.05, 4.69) is 241 Å². The van der Waals surface area contributed by atoms with E-state index in [4.69, 9.17) is 4.42 Å². The van der Waals surface area contributed by atoms with Crippen molar-refractivity contribution in [1.82, 2.24) is 0 Å². The maximum absolute atomic E-state index is 6.61. The molecule has 0 radical (unpaired) electrons. The summed E-state index contributed by atoms with van der Waals surface area (Å²) in [5.41, 5.74) is 22.0. The second-order valence-electron chi connectivity index (χ2n) is 16.7. The lowest BCUT2D eigenvalue weighted by atomic mass is 9.70. The maximum Gasteiger partial charge on any atom is 0.136 e. The second kappa shape index (κ2) is 13.9. The zero-order chi connectivity index (χ0) is 41.5. The van der Waals surface area contributed by atoms with Gasteiger partial charge in [0.15, 0.2) is 0 Å². The van der Waals surface area contributed by atoms with Crippen LogP contribution in [0.1, 0.15) is 22.3 Å². The number of para-hydroxylation sites is 1. The Hall–Kier alpha value is -8.20. The Morgan fingerprint density at radius 2 is 0.778 bits per heavy atom. The third kappa shape index (κ3) is 5.25. The molecule has 0 unspecified atom stereocenters. The summed E-state index contributed by atoms with van der Waals surface area (Å²) in [5, 5.41) is 2.20. The van der Waals surface area contributed by atoms with E-state index in [1.807, 2.05) is 0 Å². The average molecular weight is 802 g/mol. The zero-order valence-corrected chi connectivity index (χ0v) is 34.4. The normalized spacial score (nSPS) is 12.9. The van der Waals surface area contributed by atoms with Gasteiger partial charge in [0, 0.05) is 27.7 Å². The Labute approximate surface area is 366 Å². The molecule has 0 bridgehead atoms. The Morgan fingerprint density at radius 1 is 0.317 bits per heavy atom. The zero-order valence-electron chi connectivity index (χ0n) is 34.4. The first-order valence-electron chi connectivity index (χ1n) is 21.8. The Bertz CT molecular complexity index is 3500. The smallest absolute Gasteiger partial charge is 0.136 e. The number of rotatable bonds is 6. The highest BCUT2D eigenvalue weighted by Crippen LogP contribution is 2.63. The molecule has 1 aromatic heterocycles. The number of hydrogen-bond acceptors (Lipinski definition) is 2. The lowest BCUT2D eigenvalue weighted by Crippen LogP contribution is -2.25. The maximum atomic E-state index is 6.61. The summed E-state index contributed by atoms with van der Waals surface area (Å²) in [6, 6.07) is 86.5. The van der Waals surface area contributed by atoms with E-state index in [0.717, 1.165) is 50.1 Å². The van der Waals surface area contributed by atoms with Crippen LogP contribution in [0.15, 0.2) is 241 Å². The lowest BCUT2D eigenvalue weighted by Gasteiger charge is -2.31. The molecule has 2 nitrogen and oxygen atoms in total. The molecule has 1 heterocycles. The van der Waals surface area contributed by atoms with Crippen molar-refractivity contribution in [2.24, 2.45) is 0 Å². The van der Waals surface area contributed by atoms with Crippen molar-refractivity contribution in [2.45, 2.75) is 5.41 Å². The predicted molar refractivity (Wildman–Crippen MR) is 261 cm³/mol. The molecule has 0 atom stereocenters. The molecule has 11 aromatic rings. The van der Waals surface area contributed by atoms with E-state index in [1.54, 1.807) is 0 Å². The molecule has 0 aliphatic heterocycles. The first-order valence-corrected chi connectivity index (χ1v) is 21.8. The summed E-state index contributed by atoms with van der Waals surface area (Å²) in [6.07, 6.45) is 0. The fraction of sp³-hybridized carbons (Fsp3) is 0.0164. The molecular formula is C61H39NO. The topological polar surface area (TPSA) is 16.4 Å². The summed E-state index contributed by atoms with van der Waals surface area (Å²) in [7, 11) is 0. The van der Waals surface area contributed by atoms with Gasteiger partial charge in [0.05, 0.1) is 11.1 Å². The molecule has 0 amide bonds. The van der Waals surface area contributed by atoms with Crippen LogP contribution in [0.4, 0.5) is 17.1 Å². The van der Waals surface area contributed by atoms with Crippen molar-refractivity contribution in [2.75, 3.05) is 4.90 Å². The molecule has 294 valence electrons. The molecular weight excluding hydrogens is 763 g/mol. The number of furan rings is 1. The van der Waals surface area contributed by atoms with E-state index in [0.29, 0.717) is 0 Å². The monoisotopic (exact) mass is 801 g/mol. The number of anilines is 3. The van der Waals surface area contributed by atoms with Gasteiger partial charge in [-0.15, -0.1) is 0 Å².